The molecule has 6 nitrogen and oxygen atoms in total. The van der Waals surface area contributed by atoms with Gasteiger partial charge in [-0.2, -0.15) is 0 Å². The number of aromatic nitrogens is 1. The molecule has 0 radical (unpaired) electrons. The van der Waals surface area contributed by atoms with E-state index < -0.39 is 11.6 Å². The van der Waals surface area contributed by atoms with Gasteiger partial charge in [-0.25, -0.2) is 14.3 Å². The molecule has 1 N–H and O–H groups in total. The van der Waals surface area contributed by atoms with Crippen LogP contribution in [0.2, 0.25) is 0 Å². The van der Waals surface area contributed by atoms with Gasteiger partial charge >= 0.3 is 11.6 Å². The minimum Gasteiger partial charge on any atom is -0.496 e. The van der Waals surface area contributed by atoms with Crippen LogP contribution in [0.15, 0.2) is 27.5 Å². The van der Waals surface area contributed by atoms with Crippen molar-refractivity contribution in [2.24, 2.45) is 7.05 Å². The van der Waals surface area contributed by atoms with E-state index in [1.165, 1.54) is 14.2 Å². The smallest absolute Gasteiger partial charge is 0.366 e. The highest BCUT2D eigenvalue weighted by molar-refractivity contribution is 5.94. The normalized spacial score (nSPS) is 10.6. The van der Waals surface area contributed by atoms with Crippen LogP contribution in [-0.2, 0) is 13.5 Å². The highest BCUT2D eigenvalue weighted by Crippen LogP contribution is 2.31. The molecule has 0 atom stereocenters. The van der Waals surface area contributed by atoms with Crippen LogP contribution in [-0.4, -0.2) is 22.9 Å². The van der Waals surface area contributed by atoms with Gasteiger partial charge in [0.05, 0.1) is 7.11 Å². The molecule has 2 aromatic rings. The quantitative estimate of drug-likeness (QED) is 0.923. The molecule has 0 fully saturated rings. The number of nitrogens with zero attached hydrogens (tertiary/aromatic N) is 1. The summed E-state index contributed by atoms with van der Waals surface area (Å²) < 4.78 is 11.0. The van der Waals surface area contributed by atoms with Crippen molar-refractivity contribution in [2.45, 2.75) is 13.3 Å². The number of carboxylic acid groups (broad SMARTS) is 1. The van der Waals surface area contributed by atoms with E-state index in [1.807, 2.05) is 13.0 Å². The predicted molar refractivity (Wildman–Crippen MR) is 72.3 cm³/mol. The summed E-state index contributed by atoms with van der Waals surface area (Å²) in [5, 5.41) is 9.25. The van der Waals surface area contributed by atoms with Crippen LogP contribution in [0.3, 0.4) is 0 Å². The molecule has 106 valence electrons. The number of ether oxygens (including phenoxy) is 1. The molecule has 0 aliphatic carbocycles. The third-order valence-corrected chi connectivity index (χ3v) is 3.12. The average molecular weight is 277 g/mol. The zero-order chi connectivity index (χ0) is 14.9. The van der Waals surface area contributed by atoms with Crippen LogP contribution in [0.25, 0.3) is 11.1 Å². The summed E-state index contributed by atoms with van der Waals surface area (Å²) in [5.41, 5.74) is 0.518. The summed E-state index contributed by atoms with van der Waals surface area (Å²) in [5.74, 6) is -0.791. The minimum atomic E-state index is -1.22. The maximum absolute atomic E-state index is 11.9. The fourth-order valence-corrected chi connectivity index (χ4v) is 2.12. The average Bonchev–Trinajstić information content (AvgIpc) is 2.72. The second kappa shape index (κ2) is 5.24. The van der Waals surface area contributed by atoms with Crippen LogP contribution < -0.4 is 10.4 Å². The molecule has 0 spiro atoms. The molecule has 0 bridgehead atoms. The van der Waals surface area contributed by atoms with Crippen molar-refractivity contribution < 1.29 is 19.2 Å². The summed E-state index contributed by atoms with van der Waals surface area (Å²) in [6.45, 7) is 1.97. The monoisotopic (exact) mass is 277 g/mol. The molecule has 0 saturated heterocycles. The number of benzene rings is 1. The number of aromatic carboxylic acids is 1. The van der Waals surface area contributed by atoms with E-state index in [9.17, 15) is 14.7 Å². The molecule has 6 heteroatoms. The molecule has 0 saturated carbocycles. The van der Waals surface area contributed by atoms with Gasteiger partial charge in [0.15, 0.2) is 5.69 Å². The second-order valence-corrected chi connectivity index (χ2v) is 4.29. The van der Waals surface area contributed by atoms with Crippen molar-refractivity contribution in [3.63, 3.8) is 0 Å². The Balaban J connectivity index is 2.80. The Morgan fingerprint density at radius 3 is 2.70 bits per heavy atom. The van der Waals surface area contributed by atoms with E-state index >= 15 is 0 Å². The Kier molecular flexibility index (Phi) is 3.65. The maximum atomic E-state index is 11.9. The van der Waals surface area contributed by atoms with E-state index in [2.05, 4.69) is 0 Å². The Hall–Kier alpha value is -2.50. The van der Waals surface area contributed by atoms with Crippen LogP contribution in [0.1, 0.15) is 23.0 Å². The molecular formula is C14H15NO5. The Labute approximate surface area is 115 Å². The van der Waals surface area contributed by atoms with Crippen molar-refractivity contribution in [2.75, 3.05) is 7.11 Å². The molecule has 1 aromatic heterocycles. The lowest BCUT2D eigenvalue weighted by Gasteiger charge is -2.09. The Bertz CT molecular complexity index is 711. The Morgan fingerprint density at radius 1 is 1.45 bits per heavy atom. The molecule has 0 aliphatic rings. The predicted octanol–water partition coefficient (Wildman–Crippen LogP) is 1.91. The van der Waals surface area contributed by atoms with Gasteiger partial charge in [-0.15, -0.1) is 0 Å². The number of carbonyl (C=O) groups is 1. The van der Waals surface area contributed by atoms with Crippen LogP contribution in [0.4, 0.5) is 0 Å². The molecule has 1 aromatic carbocycles. The van der Waals surface area contributed by atoms with Crippen LogP contribution >= 0.6 is 0 Å². The summed E-state index contributed by atoms with van der Waals surface area (Å²) in [6, 6.07) is 5.33. The van der Waals surface area contributed by atoms with Crippen molar-refractivity contribution in [1.29, 1.82) is 0 Å². The lowest BCUT2D eigenvalue weighted by atomic mass is 10.0. The summed E-state index contributed by atoms with van der Waals surface area (Å²) in [7, 11) is 2.85. The summed E-state index contributed by atoms with van der Waals surface area (Å²) >= 11 is 0. The number of rotatable bonds is 4. The SMILES string of the molecule is CCc1ccc(OC)c(-c2c(C(=O)O)n(C)oc2=O)c1. The molecule has 0 amide bonds. The van der Waals surface area contributed by atoms with Gasteiger partial charge in [-0.3, -0.25) is 0 Å². The standard InChI is InChI=1S/C14H15NO5/c1-4-8-5-6-10(19-3)9(7-8)11-12(13(16)17)15(2)20-14(11)18/h5-7H,4H2,1-3H3,(H,16,17). The third-order valence-electron chi connectivity index (χ3n) is 3.12. The summed E-state index contributed by atoms with van der Waals surface area (Å²) in [6.07, 6.45) is 0.761. The first-order valence-corrected chi connectivity index (χ1v) is 6.10. The fourth-order valence-electron chi connectivity index (χ4n) is 2.12. The van der Waals surface area contributed by atoms with Gasteiger partial charge in [-0.05, 0) is 24.1 Å². The van der Waals surface area contributed by atoms with Crippen molar-refractivity contribution >= 4 is 5.97 Å². The first-order chi connectivity index (χ1) is 9.49. The second-order valence-electron chi connectivity index (χ2n) is 4.29. The van der Waals surface area contributed by atoms with E-state index in [1.54, 1.807) is 12.1 Å². The topological polar surface area (TPSA) is 81.7 Å². The van der Waals surface area contributed by atoms with Crippen molar-refractivity contribution in [3.05, 3.63) is 39.9 Å². The molecule has 20 heavy (non-hydrogen) atoms. The lowest BCUT2D eigenvalue weighted by molar-refractivity contribution is 0.0673. The first-order valence-electron chi connectivity index (χ1n) is 6.10. The minimum absolute atomic E-state index is 0.00662. The number of aryl methyl sites for hydroxylation is 2. The van der Waals surface area contributed by atoms with E-state index in [4.69, 9.17) is 9.26 Å². The zero-order valence-electron chi connectivity index (χ0n) is 11.5. The summed E-state index contributed by atoms with van der Waals surface area (Å²) in [4.78, 5) is 23.2. The molecule has 1 heterocycles. The van der Waals surface area contributed by atoms with Crippen LogP contribution in [0.5, 0.6) is 5.75 Å². The number of carboxylic acids is 1. The lowest BCUT2D eigenvalue weighted by Crippen LogP contribution is -2.07. The van der Waals surface area contributed by atoms with Crippen LogP contribution in [0, 0.1) is 0 Å². The van der Waals surface area contributed by atoms with E-state index in [-0.39, 0.29) is 11.3 Å². The largest absolute Gasteiger partial charge is 0.496 e. The van der Waals surface area contributed by atoms with Gasteiger partial charge in [-0.1, -0.05) is 13.0 Å². The highest BCUT2D eigenvalue weighted by atomic mass is 16.5. The number of hydrogen-bond donors (Lipinski definition) is 1. The molecule has 0 unspecified atom stereocenters. The molecular weight excluding hydrogens is 262 g/mol. The fraction of sp³-hybridized carbons (Fsp3) is 0.286. The van der Waals surface area contributed by atoms with Gasteiger partial charge in [0.2, 0.25) is 0 Å². The Morgan fingerprint density at radius 2 is 2.15 bits per heavy atom. The number of methoxy groups -OCH3 is 1. The van der Waals surface area contributed by atoms with Gasteiger partial charge < -0.3 is 14.4 Å². The van der Waals surface area contributed by atoms with Gasteiger partial charge in [0.25, 0.3) is 0 Å². The molecule has 2 rings (SSSR count). The molecule has 0 aliphatic heterocycles. The van der Waals surface area contributed by atoms with E-state index in [0.717, 1.165) is 16.7 Å². The van der Waals surface area contributed by atoms with Crippen molar-refractivity contribution in [3.8, 4) is 16.9 Å². The van der Waals surface area contributed by atoms with E-state index in [0.29, 0.717) is 11.3 Å². The zero-order valence-corrected chi connectivity index (χ0v) is 11.5. The third kappa shape index (κ3) is 2.20. The van der Waals surface area contributed by atoms with Gasteiger partial charge in [0, 0.05) is 12.6 Å². The van der Waals surface area contributed by atoms with Gasteiger partial charge in [0.1, 0.15) is 11.3 Å². The number of hydrogen-bond acceptors (Lipinski definition) is 4. The van der Waals surface area contributed by atoms with Crippen molar-refractivity contribution in [1.82, 2.24) is 4.74 Å². The maximum Gasteiger partial charge on any atom is 0.366 e. The highest BCUT2D eigenvalue weighted by Gasteiger charge is 2.25. The first kappa shape index (κ1) is 13.9.